The van der Waals surface area contributed by atoms with Gasteiger partial charge in [-0.3, -0.25) is 4.79 Å². The number of hydrogen-bond acceptors (Lipinski definition) is 4. The Morgan fingerprint density at radius 1 is 1.47 bits per heavy atom. The van der Waals surface area contributed by atoms with Gasteiger partial charge in [-0.05, 0) is 19.8 Å². The molecule has 5 nitrogen and oxygen atoms in total. The van der Waals surface area contributed by atoms with Crippen LogP contribution in [0.2, 0.25) is 0 Å². The molecule has 0 spiro atoms. The Kier molecular flexibility index (Phi) is 6.47. The van der Waals surface area contributed by atoms with Crippen molar-refractivity contribution in [2.24, 2.45) is 0 Å². The van der Waals surface area contributed by atoms with Crippen molar-refractivity contribution in [1.82, 2.24) is 10.6 Å². The first-order chi connectivity index (χ1) is 8.13. The number of hydrogen-bond donors (Lipinski definition) is 3. The van der Waals surface area contributed by atoms with Gasteiger partial charge in [0.15, 0.2) is 0 Å². The van der Waals surface area contributed by atoms with E-state index in [2.05, 4.69) is 10.6 Å². The van der Waals surface area contributed by atoms with Crippen LogP contribution in [0.1, 0.15) is 32.6 Å². The molecule has 3 N–H and O–H groups in total. The largest absolute Gasteiger partial charge is 0.392 e. The molecule has 1 saturated carbocycles. The van der Waals surface area contributed by atoms with E-state index in [-0.39, 0.29) is 30.6 Å². The predicted molar refractivity (Wildman–Crippen MR) is 65.7 cm³/mol. The van der Waals surface area contributed by atoms with E-state index < -0.39 is 0 Å². The molecular weight excluding hydrogens is 220 g/mol. The molecule has 1 rings (SSSR count). The van der Waals surface area contributed by atoms with Crippen molar-refractivity contribution in [3.05, 3.63) is 0 Å². The second-order valence-electron chi connectivity index (χ2n) is 4.76. The van der Waals surface area contributed by atoms with E-state index in [1.807, 2.05) is 6.92 Å². The van der Waals surface area contributed by atoms with Crippen LogP contribution in [0.3, 0.4) is 0 Å². The molecule has 0 bridgehead atoms. The number of methoxy groups -OCH3 is 1. The van der Waals surface area contributed by atoms with Crippen LogP contribution in [0, 0.1) is 0 Å². The maximum Gasteiger partial charge on any atom is 0.234 e. The van der Waals surface area contributed by atoms with Gasteiger partial charge in [0.25, 0.3) is 0 Å². The maximum absolute atomic E-state index is 11.6. The Balaban J connectivity index is 2.18. The molecule has 0 aromatic rings. The molecule has 0 aliphatic heterocycles. The Morgan fingerprint density at radius 3 is 2.82 bits per heavy atom. The summed E-state index contributed by atoms with van der Waals surface area (Å²) in [6.07, 6.45) is 3.67. The fraction of sp³-hybridized carbons (Fsp3) is 0.917. The summed E-state index contributed by atoms with van der Waals surface area (Å²) in [5, 5.41) is 15.7. The number of nitrogens with one attached hydrogen (secondary N) is 2. The van der Waals surface area contributed by atoms with Crippen LogP contribution in [0.25, 0.3) is 0 Å². The zero-order valence-corrected chi connectivity index (χ0v) is 10.7. The standard InChI is InChI=1S/C12H24N2O3/c1-9(8-17-2)14-12(16)7-13-10-5-3-4-6-11(10)15/h9-11,13,15H,3-8H2,1-2H3,(H,14,16). The Hall–Kier alpha value is -0.650. The summed E-state index contributed by atoms with van der Waals surface area (Å²) < 4.78 is 4.94. The van der Waals surface area contributed by atoms with Crippen molar-refractivity contribution in [2.75, 3.05) is 20.3 Å². The van der Waals surface area contributed by atoms with Crippen LogP contribution in [0.15, 0.2) is 0 Å². The van der Waals surface area contributed by atoms with Crippen LogP contribution in [0.4, 0.5) is 0 Å². The lowest BCUT2D eigenvalue weighted by molar-refractivity contribution is -0.121. The average Bonchev–Trinajstić information content (AvgIpc) is 2.28. The molecule has 3 atom stereocenters. The Labute approximate surface area is 103 Å². The zero-order valence-electron chi connectivity index (χ0n) is 10.7. The van der Waals surface area contributed by atoms with Crippen molar-refractivity contribution in [3.8, 4) is 0 Å². The number of aliphatic hydroxyl groups is 1. The van der Waals surface area contributed by atoms with E-state index >= 15 is 0 Å². The molecule has 3 unspecified atom stereocenters. The summed E-state index contributed by atoms with van der Waals surface area (Å²) >= 11 is 0. The minimum absolute atomic E-state index is 0.0191. The first-order valence-electron chi connectivity index (χ1n) is 6.33. The fourth-order valence-corrected chi connectivity index (χ4v) is 2.19. The molecule has 0 radical (unpaired) electrons. The molecule has 1 amide bonds. The van der Waals surface area contributed by atoms with E-state index in [4.69, 9.17) is 4.74 Å². The molecule has 1 aliphatic rings. The van der Waals surface area contributed by atoms with Gasteiger partial charge in [-0.15, -0.1) is 0 Å². The summed E-state index contributed by atoms with van der Waals surface area (Å²) in [6.45, 7) is 2.67. The van der Waals surface area contributed by atoms with Crippen LogP contribution < -0.4 is 10.6 Å². The number of amides is 1. The monoisotopic (exact) mass is 244 g/mol. The molecule has 1 fully saturated rings. The second-order valence-corrected chi connectivity index (χ2v) is 4.76. The Bertz CT molecular complexity index is 236. The number of aliphatic hydroxyl groups excluding tert-OH is 1. The van der Waals surface area contributed by atoms with Gasteiger partial charge < -0.3 is 20.5 Å². The summed E-state index contributed by atoms with van der Waals surface area (Å²) in [4.78, 5) is 11.6. The van der Waals surface area contributed by atoms with Crippen LogP contribution in [0.5, 0.6) is 0 Å². The first kappa shape index (κ1) is 14.4. The zero-order chi connectivity index (χ0) is 12.7. The highest BCUT2D eigenvalue weighted by molar-refractivity contribution is 5.78. The number of ether oxygens (including phenoxy) is 1. The summed E-state index contributed by atoms with van der Waals surface area (Å²) in [5.41, 5.74) is 0. The van der Waals surface area contributed by atoms with E-state index in [1.54, 1.807) is 7.11 Å². The second kappa shape index (κ2) is 7.63. The average molecular weight is 244 g/mol. The van der Waals surface area contributed by atoms with Crippen LogP contribution in [-0.4, -0.2) is 49.5 Å². The van der Waals surface area contributed by atoms with Crippen molar-refractivity contribution in [1.29, 1.82) is 0 Å². The molecule has 100 valence electrons. The van der Waals surface area contributed by atoms with Crippen LogP contribution in [-0.2, 0) is 9.53 Å². The lowest BCUT2D eigenvalue weighted by Crippen LogP contribution is -2.48. The van der Waals surface area contributed by atoms with Gasteiger partial charge >= 0.3 is 0 Å². The Morgan fingerprint density at radius 2 is 2.18 bits per heavy atom. The van der Waals surface area contributed by atoms with Gasteiger partial charge in [-0.25, -0.2) is 0 Å². The molecule has 0 aromatic heterocycles. The van der Waals surface area contributed by atoms with Gasteiger partial charge in [0, 0.05) is 19.2 Å². The summed E-state index contributed by atoms with van der Waals surface area (Å²) in [7, 11) is 1.61. The first-order valence-corrected chi connectivity index (χ1v) is 6.33. The SMILES string of the molecule is COCC(C)NC(=O)CNC1CCCCC1O. The summed E-state index contributed by atoms with van der Waals surface area (Å²) in [6, 6.07) is 0.0813. The van der Waals surface area contributed by atoms with E-state index in [0.717, 1.165) is 25.7 Å². The molecule has 5 heteroatoms. The molecule has 0 saturated heterocycles. The third kappa shape index (κ3) is 5.48. The topological polar surface area (TPSA) is 70.6 Å². The molecular formula is C12H24N2O3. The smallest absolute Gasteiger partial charge is 0.234 e. The molecule has 0 aromatic carbocycles. The van der Waals surface area contributed by atoms with E-state index in [0.29, 0.717) is 6.61 Å². The number of rotatable bonds is 6. The highest BCUT2D eigenvalue weighted by atomic mass is 16.5. The lowest BCUT2D eigenvalue weighted by Gasteiger charge is -2.28. The van der Waals surface area contributed by atoms with E-state index in [9.17, 15) is 9.90 Å². The van der Waals surface area contributed by atoms with Gasteiger partial charge in [0.1, 0.15) is 0 Å². The van der Waals surface area contributed by atoms with Crippen molar-refractivity contribution < 1.29 is 14.6 Å². The highest BCUT2D eigenvalue weighted by Crippen LogP contribution is 2.17. The predicted octanol–water partition coefficient (Wildman–Crippen LogP) is 0.0306. The molecule has 17 heavy (non-hydrogen) atoms. The normalized spacial score (nSPS) is 26.5. The number of carbonyl (C=O) groups is 1. The quantitative estimate of drug-likeness (QED) is 0.616. The number of carbonyl (C=O) groups excluding carboxylic acids is 1. The minimum Gasteiger partial charge on any atom is -0.392 e. The van der Waals surface area contributed by atoms with Gasteiger partial charge in [-0.1, -0.05) is 12.8 Å². The molecule has 1 aliphatic carbocycles. The summed E-state index contributed by atoms with van der Waals surface area (Å²) in [5.74, 6) is -0.0488. The molecule has 0 heterocycles. The van der Waals surface area contributed by atoms with Gasteiger partial charge in [0.05, 0.1) is 19.3 Å². The maximum atomic E-state index is 11.6. The van der Waals surface area contributed by atoms with Crippen LogP contribution >= 0.6 is 0 Å². The lowest BCUT2D eigenvalue weighted by atomic mass is 9.92. The van der Waals surface area contributed by atoms with Crippen molar-refractivity contribution in [2.45, 2.75) is 50.8 Å². The van der Waals surface area contributed by atoms with E-state index in [1.165, 1.54) is 0 Å². The van der Waals surface area contributed by atoms with Gasteiger partial charge in [-0.2, -0.15) is 0 Å². The third-order valence-corrected chi connectivity index (χ3v) is 3.08. The van der Waals surface area contributed by atoms with Crippen molar-refractivity contribution in [3.63, 3.8) is 0 Å². The van der Waals surface area contributed by atoms with Crippen molar-refractivity contribution >= 4 is 5.91 Å². The third-order valence-electron chi connectivity index (χ3n) is 3.08. The van der Waals surface area contributed by atoms with Gasteiger partial charge in [0.2, 0.25) is 5.91 Å². The highest BCUT2D eigenvalue weighted by Gasteiger charge is 2.22. The minimum atomic E-state index is -0.312. The fourth-order valence-electron chi connectivity index (χ4n) is 2.19.